The summed E-state index contributed by atoms with van der Waals surface area (Å²) in [7, 11) is 0. The summed E-state index contributed by atoms with van der Waals surface area (Å²) in [6.07, 6.45) is 0. The minimum atomic E-state index is 0.842. The van der Waals surface area contributed by atoms with E-state index in [1.807, 2.05) is 0 Å². The molecule has 0 radical (unpaired) electrons. The van der Waals surface area contributed by atoms with Crippen LogP contribution in [0.25, 0.3) is 88.0 Å². The van der Waals surface area contributed by atoms with E-state index in [9.17, 15) is 0 Å². The first-order chi connectivity index (χ1) is 28.8. The summed E-state index contributed by atoms with van der Waals surface area (Å²) in [6.45, 7) is 0. The highest BCUT2D eigenvalue weighted by Crippen LogP contribution is 2.47. The number of anilines is 3. The molecule has 0 unspecified atom stereocenters. The number of nitrogens with zero attached hydrogens (tertiary/aromatic N) is 1. The zero-order valence-electron chi connectivity index (χ0n) is 31.7. The van der Waals surface area contributed by atoms with Crippen LogP contribution in [-0.2, 0) is 0 Å². The average molecular weight is 740 g/mol. The fraction of sp³-hybridized carbons (Fsp3) is 0. The van der Waals surface area contributed by atoms with E-state index in [1.54, 1.807) is 0 Å². The fourth-order valence-corrected chi connectivity index (χ4v) is 8.65. The number of rotatable bonds is 7. The Hall–Kier alpha value is -7.68. The molecule has 0 aliphatic heterocycles. The van der Waals surface area contributed by atoms with E-state index in [0.29, 0.717) is 0 Å². The van der Waals surface area contributed by atoms with E-state index in [4.69, 9.17) is 4.42 Å². The number of para-hydroxylation sites is 1. The Kier molecular flexibility index (Phi) is 8.19. The van der Waals surface area contributed by atoms with Crippen molar-refractivity contribution in [3.63, 3.8) is 0 Å². The zero-order chi connectivity index (χ0) is 38.4. The number of hydrogen-bond donors (Lipinski definition) is 0. The van der Waals surface area contributed by atoms with Gasteiger partial charge < -0.3 is 9.32 Å². The first-order valence-electron chi connectivity index (χ1n) is 19.8. The summed E-state index contributed by atoms with van der Waals surface area (Å²) in [5.41, 5.74) is 14.0. The van der Waals surface area contributed by atoms with Crippen LogP contribution in [0.3, 0.4) is 0 Å². The maximum absolute atomic E-state index is 7.12. The van der Waals surface area contributed by atoms with Crippen molar-refractivity contribution in [1.82, 2.24) is 0 Å². The Balaban J connectivity index is 1.14. The van der Waals surface area contributed by atoms with Crippen LogP contribution in [-0.4, -0.2) is 0 Å². The molecule has 11 rings (SSSR count). The molecular weight excluding hydrogens is 703 g/mol. The van der Waals surface area contributed by atoms with Crippen LogP contribution < -0.4 is 4.90 Å². The zero-order valence-corrected chi connectivity index (χ0v) is 31.7. The van der Waals surface area contributed by atoms with Gasteiger partial charge in [0.25, 0.3) is 0 Å². The van der Waals surface area contributed by atoms with Crippen molar-refractivity contribution in [3.05, 3.63) is 224 Å². The number of fused-ring (bicyclic) bond motifs is 5. The molecule has 0 spiro atoms. The third-order valence-corrected chi connectivity index (χ3v) is 11.5. The second-order valence-corrected chi connectivity index (χ2v) is 14.9. The summed E-state index contributed by atoms with van der Waals surface area (Å²) in [5, 5.41) is 7.12. The lowest BCUT2D eigenvalue weighted by atomic mass is 9.97. The molecule has 58 heavy (non-hydrogen) atoms. The van der Waals surface area contributed by atoms with Gasteiger partial charge in [-0.05, 0) is 96.9 Å². The van der Waals surface area contributed by atoms with Crippen molar-refractivity contribution in [2.24, 2.45) is 0 Å². The van der Waals surface area contributed by atoms with Crippen LogP contribution in [0.2, 0.25) is 0 Å². The van der Waals surface area contributed by atoms with E-state index in [2.05, 4.69) is 229 Å². The smallest absolute Gasteiger partial charge is 0.159 e. The van der Waals surface area contributed by atoms with Gasteiger partial charge in [-0.3, -0.25) is 0 Å². The monoisotopic (exact) mass is 739 g/mol. The molecule has 0 fully saturated rings. The molecule has 0 saturated carbocycles. The van der Waals surface area contributed by atoms with Crippen LogP contribution in [0.1, 0.15) is 0 Å². The van der Waals surface area contributed by atoms with E-state index in [1.165, 1.54) is 43.8 Å². The summed E-state index contributed by atoms with van der Waals surface area (Å²) < 4.78 is 7.12. The lowest BCUT2D eigenvalue weighted by Gasteiger charge is -2.27. The summed E-state index contributed by atoms with van der Waals surface area (Å²) in [6, 6.07) is 80.5. The van der Waals surface area contributed by atoms with Crippen LogP contribution >= 0.6 is 0 Å². The molecular formula is C56H37NO. The molecule has 0 saturated heterocycles. The maximum atomic E-state index is 7.12. The third-order valence-electron chi connectivity index (χ3n) is 11.5. The summed E-state index contributed by atoms with van der Waals surface area (Å²) in [5.74, 6) is 0. The van der Waals surface area contributed by atoms with E-state index >= 15 is 0 Å². The Labute approximate surface area is 337 Å². The average Bonchev–Trinajstić information content (AvgIpc) is 3.69. The van der Waals surface area contributed by atoms with Gasteiger partial charge in [-0.2, -0.15) is 0 Å². The molecule has 272 valence electrons. The van der Waals surface area contributed by atoms with Gasteiger partial charge in [-0.25, -0.2) is 0 Å². The maximum Gasteiger partial charge on any atom is 0.159 e. The summed E-state index contributed by atoms with van der Waals surface area (Å²) in [4.78, 5) is 2.36. The Morgan fingerprint density at radius 2 is 0.724 bits per heavy atom. The lowest BCUT2D eigenvalue weighted by molar-refractivity contribution is 0.670. The predicted molar refractivity (Wildman–Crippen MR) is 245 cm³/mol. The van der Waals surface area contributed by atoms with Crippen LogP contribution in [0, 0.1) is 0 Å². The van der Waals surface area contributed by atoms with E-state index in [0.717, 1.165) is 61.3 Å². The molecule has 0 bridgehead atoms. The molecule has 0 aliphatic carbocycles. The standard InChI is InChI=1S/C56H37NO/c1-3-14-38(15-4-1)44-36-53-52-27-13-26-51(41-16-5-2-6-17-41)55(52)58-56(53)54(37-44)57(45-32-28-42(29-33-45)49-24-11-20-39-18-7-9-22-47(39)49)46-34-30-43(31-35-46)50-25-12-21-40-19-8-10-23-48(40)50/h1-37H. The van der Waals surface area contributed by atoms with Crippen LogP contribution in [0.4, 0.5) is 17.1 Å². The van der Waals surface area contributed by atoms with E-state index in [-0.39, 0.29) is 0 Å². The highest BCUT2D eigenvalue weighted by Gasteiger charge is 2.23. The third kappa shape index (κ3) is 5.82. The van der Waals surface area contributed by atoms with Gasteiger partial charge in [-0.1, -0.05) is 188 Å². The predicted octanol–water partition coefficient (Wildman–Crippen LogP) is 16.0. The van der Waals surface area contributed by atoms with Gasteiger partial charge in [0.2, 0.25) is 0 Å². The van der Waals surface area contributed by atoms with Crippen LogP contribution in [0.15, 0.2) is 229 Å². The minimum Gasteiger partial charge on any atom is -0.453 e. The van der Waals surface area contributed by atoms with Gasteiger partial charge in [0, 0.05) is 27.7 Å². The fourth-order valence-electron chi connectivity index (χ4n) is 8.65. The molecule has 0 N–H and O–H groups in total. The molecule has 0 aliphatic rings. The molecule has 1 aromatic heterocycles. The van der Waals surface area contributed by atoms with Crippen molar-refractivity contribution in [1.29, 1.82) is 0 Å². The highest BCUT2D eigenvalue weighted by atomic mass is 16.3. The number of hydrogen-bond acceptors (Lipinski definition) is 2. The second kappa shape index (κ2) is 14.1. The Morgan fingerprint density at radius 1 is 0.276 bits per heavy atom. The number of furan rings is 1. The van der Waals surface area contributed by atoms with Gasteiger partial charge in [-0.15, -0.1) is 0 Å². The molecule has 2 heteroatoms. The van der Waals surface area contributed by atoms with Crippen molar-refractivity contribution >= 4 is 60.5 Å². The molecule has 0 atom stereocenters. The lowest BCUT2D eigenvalue weighted by Crippen LogP contribution is -2.10. The molecule has 10 aromatic carbocycles. The second-order valence-electron chi connectivity index (χ2n) is 14.9. The normalized spacial score (nSPS) is 11.4. The van der Waals surface area contributed by atoms with Crippen molar-refractivity contribution in [3.8, 4) is 44.5 Å². The summed E-state index contributed by atoms with van der Waals surface area (Å²) >= 11 is 0. The van der Waals surface area contributed by atoms with E-state index < -0.39 is 0 Å². The van der Waals surface area contributed by atoms with Gasteiger partial charge in [0.15, 0.2) is 5.58 Å². The Bertz CT molecular complexity index is 3120. The Morgan fingerprint density at radius 3 is 1.31 bits per heavy atom. The highest BCUT2D eigenvalue weighted by molar-refractivity contribution is 6.15. The van der Waals surface area contributed by atoms with Crippen LogP contribution in [0.5, 0.6) is 0 Å². The molecule has 0 amide bonds. The van der Waals surface area contributed by atoms with Crippen molar-refractivity contribution in [2.75, 3.05) is 4.90 Å². The number of benzene rings is 10. The topological polar surface area (TPSA) is 16.4 Å². The van der Waals surface area contributed by atoms with Crippen molar-refractivity contribution in [2.45, 2.75) is 0 Å². The first kappa shape index (κ1) is 33.6. The molecule has 2 nitrogen and oxygen atoms in total. The van der Waals surface area contributed by atoms with Gasteiger partial charge in [0.1, 0.15) is 5.58 Å². The largest absolute Gasteiger partial charge is 0.453 e. The minimum absolute atomic E-state index is 0.842. The molecule has 11 aromatic rings. The molecule has 1 heterocycles. The van der Waals surface area contributed by atoms with Gasteiger partial charge in [0.05, 0.1) is 5.69 Å². The SMILES string of the molecule is c1ccc(-c2cc(N(c3ccc(-c4cccc5ccccc45)cc3)c3ccc(-c4cccc5ccccc45)cc3)c3oc4c(-c5ccccc5)cccc4c3c2)cc1. The van der Waals surface area contributed by atoms with Crippen molar-refractivity contribution < 1.29 is 4.42 Å². The van der Waals surface area contributed by atoms with Gasteiger partial charge >= 0.3 is 0 Å². The first-order valence-corrected chi connectivity index (χ1v) is 19.8. The quantitative estimate of drug-likeness (QED) is 0.162.